The van der Waals surface area contributed by atoms with E-state index >= 15 is 0 Å². The lowest BCUT2D eigenvalue weighted by Gasteiger charge is -2.19. The number of carbonyl (C=O) groups is 2. The molecule has 1 heterocycles. The maximum absolute atomic E-state index is 13.7. The molecule has 130 valence electrons. The summed E-state index contributed by atoms with van der Waals surface area (Å²) >= 11 is 0. The maximum Gasteiger partial charge on any atom is 0.239 e. The minimum atomic E-state index is -0.773. The normalized spacial score (nSPS) is 16.8. The van der Waals surface area contributed by atoms with Crippen LogP contribution in [0.1, 0.15) is 12.0 Å². The molecule has 1 aliphatic heterocycles. The van der Waals surface area contributed by atoms with Crippen LogP contribution in [-0.4, -0.2) is 25.5 Å². The molecule has 25 heavy (non-hydrogen) atoms. The molecule has 6 heteroatoms. The van der Waals surface area contributed by atoms with Crippen LogP contribution in [-0.2, 0) is 9.59 Å². The van der Waals surface area contributed by atoms with E-state index in [2.05, 4.69) is 5.32 Å². The van der Waals surface area contributed by atoms with E-state index in [0.717, 1.165) is 0 Å². The predicted octanol–water partition coefficient (Wildman–Crippen LogP) is 3.13. The molecule has 1 N–H and O–H groups in total. The number of hydrogen-bond acceptors (Lipinski definition) is 3. The highest BCUT2D eigenvalue weighted by atomic mass is 19.1. The molecule has 1 atom stereocenters. The highest BCUT2D eigenvalue weighted by Crippen LogP contribution is 2.30. The first-order chi connectivity index (χ1) is 12.0. The van der Waals surface area contributed by atoms with Gasteiger partial charge in [0.15, 0.2) is 0 Å². The van der Waals surface area contributed by atoms with E-state index in [1.165, 1.54) is 11.0 Å². The molecule has 1 unspecified atom stereocenters. The lowest BCUT2D eigenvalue weighted by Crippen LogP contribution is -2.33. The zero-order chi connectivity index (χ0) is 18.0. The number of hydrogen-bond donors (Lipinski definition) is 1. The van der Waals surface area contributed by atoms with Crippen molar-refractivity contribution < 1.29 is 18.7 Å². The first kappa shape index (κ1) is 17.0. The number of benzene rings is 2. The fourth-order valence-electron chi connectivity index (χ4n) is 2.95. The number of halogens is 1. The summed E-state index contributed by atoms with van der Waals surface area (Å²) in [6.45, 7) is 2.02. The van der Waals surface area contributed by atoms with Gasteiger partial charge < -0.3 is 15.0 Å². The number of nitrogens with zero attached hydrogens (tertiary/aromatic N) is 1. The summed E-state index contributed by atoms with van der Waals surface area (Å²) in [7, 11) is 1.56. The SMILES string of the molecule is COc1ccc(NC(=O)C2CCN(c3cccc(F)c3C)C2=O)cc1. The molecule has 1 fully saturated rings. The number of methoxy groups -OCH3 is 1. The van der Waals surface area contributed by atoms with Gasteiger partial charge >= 0.3 is 0 Å². The third-order valence-electron chi connectivity index (χ3n) is 4.41. The van der Waals surface area contributed by atoms with E-state index in [-0.39, 0.29) is 17.6 Å². The van der Waals surface area contributed by atoms with Crippen molar-refractivity contribution in [1.29, 1.82) is 0 Å². The molecule has 2 amide bonds. The van der Waals surface area contributed by atoms with Crippen molar-refractivity contribution in [3.05, 3.63) is 53.8 Å². The Morgan fingerprint density at radius 1 is 1.24 bits per heavy atom. The predicted molar refractivity (Wildman–Crippen MR) is 93.2 cm³/mol. The highest BCUT2D eigenvalue weighted by molar-refractivity contribution is 6.13. The van der Waals surface area contributed by atoms with Crippen LogP contribution < -0.4 is 15.0 Å². The van der Waals surface area contributed by atoms with Gasteiger partial charge in [0, 0.05) is 23.5 Å². The summed E-state index contributed by atoms with van der Waals surface area (Å²) in [4.78, 5) is 26.6. The number of carbonyl (C=O) groups excluding carboxylic acids is 2. The van der Waals surface area contributed by atoms with Gasteiger partial charge in [-0.3, -0.25) is 9.59 Å². The molecule has 1 saturated heterocycles. The fourth-order valence-corrected chi connectivity index (χ4v) is 2.95. The molecule has 0 bridgehead atoms. The molecule has 0 aromatic heterocycles. The lowest BCUT2D eigenvalue weighted by molar-refractivity contribution is -0.129. The molecule has 0 saturated carbocycles. The van der Waals surface area contributed by atoms with E-state index in [1.54, 1.807) is 50.4 Å². The van der Waals surface area contributed by atoms with Crippen molar-refractivity contribution in [2.75, 3.05) is 23.9 Å². The first-order valence-corrected chi connectivity index (χ1v) is 8.02. The van der Waals surface area contributed by atoms with Crippen LogP contribution in [0.5, 0.6) is 5.75 Å². The summed E-state index contributed by atoms with van der Waals surface area (Å²) in [5, 5.41) is 2.75. The van der Waals surface area contributed by atoms with Gasteiger partial charge in [0.25, 0.3) is 0 Å². The zero-order valence-electron chi connectivity index (χ0n) is 14.1. The Hall–Kier alpha value is -2.89. The van der Waals surface area contributed by atoms with Gasteiger partial charge in [-0.15, -0.1) is 0 Å². The van der Waals surface area contributed by atoms with Gasteiger partial charge in [-0.05, 0) is 49.7 Å². The van der Waals surface area contributed by atoms with E-state index in [4.69, 9.17) is 4.74 Å². The number of amides is 2. The second-order valence-electron chi connectivity index (χ2n) is 5.93. The number of nitrogens with one attached hydrogen (secondary N) is 1. The largest absolute Gasteiger partial charge is 0.497 e. The summed E-state index contributed by atoms with van der Waals surface area (Å²) in [5.41, 5.74) is 1.52. The van der Waals surface area contributed by atoms with Crippen LogP contribution in [0.4, 0.5) is 15.8 Å². The Bertz CT molecular complexity index is 805. The van der Waals surface area contributed by atoms with Gasteiger partial charge in [0.2, 0.25) is 11.8 Å². The van der Waals surface area contributed by atoms with Crippen molar-refractivity contribution >= 4 is 23.2 Å². The van der Waals surface area contributed by atoms with Crippen molar-refractivity contribution in [2.45, 2.75) is 13.3 Å². The molecule has 1 aliphatic rings. The minimum Gasteiger partial charge on any atom is -0.497 e. The molecule has 0 spiro atoms. The van der Waals surface area contributed by atoms with E-state index < -0.39 is 5.92 Å². The molecular weight excluding hydrogens is 323 g/mol. The van der Waals surface area contributed by atoms with Gasteiger partial charge in [-0.25, -0.2) is 4.39 Å². The maximum atomic E-state index is 13.7. The topological polar surface area (TPSA) is 58.6 Å². The Labute approximate surface area is 145 Å². The summed E-state index contributed by atoms with van der Waals surface area (Å²) in [6.07, 6.45) is 0.400. The molecular formula is C19H19FN2O3. The van der Waals surface area contributed by atoms with Crippen LogP contribution in [0.3, 0.4) is 0 Å². The van der Waals surface area contributed by atoms with Crippen molar-refractivity contribution in [2.24, 2.45) is 5.92 Å². The molecule has 2 aromatic carbocycles. The molecule has 5 nitrogen and oxygen atoms in total. The molecule has 0 aliphatic carbocycles. The summed E-state index contributed by atoms with van der Waals surface area (Å²) in [6, 6.07) is 11.5. The molecule has 2 aromatic rings. The third kappa shape index (κ3) is 3.33. The van der Waals surface area contributed by atoms with Gasteiger partial charge in [-0.1, -0.05) is 6.07 Å². The van der Waals surface area contributed by atoms with E-state index in [0.29, 0.717) is 35.7 Å². The Morgan fingerprint density at radius 2 is 1.96 bits per heavy atom. The zero-order valence-corrected chi connectivity index (χ0v) is 14.1. The standard InChI is InChI=1S/C19H19FN2O3/c1-12-16(20)4-3-5-17(12)22-11-10-15(19(22)24)18(23)21-13-6-8-14(25-2)9-7-13/h3-9,15H,10-11H2,1-2H3,(H,21,23). The second kappa shape index (κ2) is 6.93. The quantitative estimate of drug-likeness (QED) is 0.869. The molecule has 0 radical (unpaired) electrons. The Kier molecular flexibility index (Phi) is 4.70. The van der Waals surface area contributed by atoms with E-state index in [9.17, 15) is 14.0 Å². The highest BCUT2D eigenvalue weighted by Gasteiger charge is 2.38. The van der Waals surface area contributed by atoms with Gasteiger partial charge in [-0.2, -0.15) is 0 Å². The smallest absolute Gasteiger partial charge is 0.239 e. The fraction of sp³-hybridized carbons (Fsp3) is 0.263. The van der Waals surface area contributed by atoms with Crippen LogP contribution in [0.2, 0.25) is 0 Å². The van der Waals surface area contributed by atoms with Crippen molar-refractivity contribution in [3.63, 3.8) is 0 Å². The summed E-state index contributed by atoms with van der Waals surface area (Å²) < 4.78 is 18.8. The monoisotopic (exact) mass is 342 g/mol. The number of ether oxygens (including phenoxy) is 1. The second-order valence-corrected chi connectivity index (χ2v) is 5.93. The Balaban J connectivity index is 1.72. The van der Waals surface area contributed by atoms with Gasteiger partial charge in [0.1, 0.15) is 17.5 Å². The third-order valence-corrected chi connectivity index (χ3v) is 4.41. The van der Waals surface area contributed by atoms with Crippen LogP contribution in [0.15, 0.2) is 42.5 Å². The van der Waals surface area contributed by atoms with E-state index in [1.807, 2.05) is 0 Å². The first-order valence-electron chi connectivity index (χ1n) is 8.02. The Morgan fingerprint density at radius 3 is 2.64 bits per heavy atom. The lowest BCUT2D eigenvalue weighted by atomic mass is 10.1. The van der Waals surface area contributed by atoms with Crippen LogP contribution in [0, 0.1) is 18.7 Å². The average molecular weight is 342 g/mol. The van der Waals surface area contributed by atoms with Crippen LogP contribution >= 0.6 is 0 Å². The minimum absolute atomic E-state index is 0.306. The van der Waals surface area contributed by atoms with Gasteiger partial charge in [0.05, 0.1) is 7.11 Å². The number of anilines is 2. The molecule has 3 rings (SSSR count). The average Bonchev–Trinajstić information content (AvgIpc) is 2.99. The number of rotatable bonds is 4. The van der Waals surface area contributed by atoms with Crippen LogP contribution in [0.25, 0.3) is 0 Å². The van der Waals surface area contributed by atoms with Crippen molar-refractivity contribution in [1.82, 2.24) is 0 Å². The summed E-state index contributed by atoms with van der Waals surface area (Å²) in [5.74, 6) is -1.12. The van der Waals surface area contributed by atoms with Crippen molar-refractivity contribution in [3.8, 4) is 5.75 Å².